The van der Waals surface area contributed by atoms with E-state index in [1.807, 2.05) is 19.1 Å². The van der Waals surface area contributed by atoms with Gasteiger partial charge in [0.1, 0.15) is 5.75 Å². The number of hydrogen-bond acceptors (Lipinski definition) is 5. The van der Waals surface area contributed by atoms with Gasteiger partial charge in [0.05, 0.1) is 22.7 Å². The maximum Gasteiger partial charge on any atom is 0.225 e. The second kappa shape index (κ2) is 8.90. The predicted octanol–water partition coefficient (Wildman–Crippen LogP) is 4.85. The summed E-state index contributed by atoms with van der Waals surface area (Å²) in [5.41, 5.74) is 1.00. The third-order valence-corrected chi connectivity index (χ3v) is 7.84. The zero-order valence-electron chi connectivity index (χ0n) is 17.8. The van der Waals surface area contributed by atoms with Crippen LogP contribution in [0.5, 0.6) is 5.75 Å². The first kappa shape index (κ1) is 20.5. The lowest BCUT2D eigenvalue weighted by atomic mass is 9.78. The summed E-state index contributed by atoms with van der Waals surface area (Å²) in [6.45, 7) is 9.00. The van der Waals surface area contributed by atoms with E-state index >= 15 is 0 Å². The summed E-state index contributed by atoms with van der Waals surface area (Å²) in [6, 6.07) is 6.41. The second-order valence-corrected chi connectivity index (χ2v) is 9.74. The third-order valence-electron chi connectivity index (χ3n) is 6.76. The molecular formula is C23H33N3O2S. The average Bonchev–Trinajstić information content (AvgIpc) is 3.15. The lowest BCUT2D eigenvalue weighted by molar-refractivity contribution is -0.126. The van der Waals surface area contributed by atoms with Gasteiger partial charge in [0.2, 0.25) is 5.91 Å². The molecule has 2 aromatic rings. The Balaban J connectivity index is 1.42. The van der Waals surface area contributed by atoms with Crippen molar-refractivity contribution in [2.24, 2.45) is 17.8 Å². The molecule has 1 N–H and O–H groups in total. The number of benzene rings is 1. The van der Waals surface area contributed by atoms with Crippen LogP contribution in [0, 0.1) is 17.8 Å². The summed E-state index contributed by atoms with van der Waals surface area (Å²) in [5.74, 6) is 2.44. The van der Waals surface area contributed by atoms with Crippen LogP contribution >= 0.6 is 11.3 Å². The van der Waals surface area contributed by atoms with Gasteiger partial charge in [-0.05, 0) is 56.2 Å². The molecule has 4 atom stereocenters. The average molecular weight is 416 g/mol. The number of hydrogen-bond donors (Lipinski definition) is 1. The molecule has 5 nitrogen and oxygen atoms in total. The Bertz CT molecular complexity index is 852. The summed E-state index contributed by atoms with van der Waals surface area (Å²) in [6.07, 6.45) is 5.64. The van der Waals surface area contributed by atoms with Crippen LogP contribution < -0.4 is 15.0 Å². The molecule has 158 valence electrons. The van der Waals surface area contributed by atoms with E-state index < -0.39 is 0 Å². The van der Waals surface area contributed by atoms with Crippen molar-refractivity contribution >= 4 is 32.6 Å². The highest BCUT2D eigenvalue weighted by molar-refractivity contribution is 7.22. The molecular weight excluding hydrogens is 382 g/mol. The van der Waals surface area contributed by atoms with Gasteiger partial charge in [-0.2, -0.15) is 0 Å². The first-order valence-corrected chi connectivity index (χ1v) is 12.0. The summed E-state index contributed by atoms with van der Waals surface area (Å²) in [5, 5.41) is 4.41. The van der Waals surface area contributed by atoms with E-state index in [4.69, 9.17) is 9.72 Å². The van der Waals surface area contributed by atoms with Gasteiger partial charge >= 0.3 is 0 Å². The Hall–Kier alpha value is -1.82. The number of anilines is 1. The van der Waals surface area contributed by atoms with Crippen molar-refractivity contribution in [2.75, 3.05) is 24.6 Å². The molecule has 1 aromatic carbocycles. The molecule has 1 aromatic heterocycles. The Morgan fingerprint density at radius 2 is 2.14 bits per heavy atom. The van der Waals surface area contributed by atoms with Crippen molar-refractivity contribution in [1.29, 1.82) is 0 Å². The zero-order valence-corrected chi connectivity index (χ0v) is 18.6. The Morgan fingerprint density at radius 1 is 1.28 bits per heavy atom. The Kier molecular flexibility index (Phi) is 6.28. The van der Waals surface area contributed by atoms with E-state index in [2.05, 4.69) is 30.1 Å². The molecule has 1 aliphatic heterocycles. The van der Waals surface area contributed by atoms with Crippen molar-refractivity contribution in [3.05, 3.63) is 18.2 Å². The fraction of sp³-hybridized carbons (Fsp3) is 0.652. The van der Waals surface area contributed by atoms with E-state index in [9.17, 15) is 4.79 Å². The number of ether oxygens (including phenoxy) is 1. The maximum atomic E-state index is 13.0. The minimum atomic E-state index is 0.0548. The van der Waals surface area contributed by atoms with E-state index in [0.717, 1.165) is 53.4 Å². The van der Waals surface area contributed by atoms with Crippen LogP contribution in [0.25, 0.3) is 10.2 Å². The molecule has 1 amide bonds. The van der Waals surface area contributed by atoms with Crippen LogP contribution in [0.3, 0.4) is 0 Å². The predicted molar refractivity (Wildman–Crippen MR) is 120 cm³/mol. The fourth-order valence-corrected chi connectivity index (χ4v) is 5.76. The topological polar surface area (TPSA) is 54.5 Å². The van der Waals surface area contributed by atoms with Gasteiger partial charge in [0.25, 0.3) is 0 Å². The largest absolute Gasteiger partial charge is 0.494 e. The first-order valence-electron chi connectivity index (χ1n) is 11.1. The molecule has 2 fully saturated rings. The van der Waals surface area contributed by atoms with E-state index in [1.54, 1.807) is 11.3 Å². The normalized spacial score (nSPS) is 27.8. The number of carbonyl (C=O) groups excluding carboxylic acids is 1. The molecule has 29 heavy (non-hydrogen) atoms. The highest BCUT2D eigenvalue weighted by atomic mass is 32.1. The van der Waals surface area contributed by atoms with E-state index in [1.165, 1.54) is 12.8 Å². The molecule has 0 radical (unpaired) electrons. The number of thiazole rings is 1. The number of aromatic nitrogens is 1. The summed E-state index contributed by atoms with van der Waals surface area (Å²) < 4.78 is 6.76. The van der Waals surface area contributed by atoms with Gasteiger partial charge in [-0.3, -0.25) is 4.79 Å². The molecule has 6 heteroatoms. The molecule has 4 rings (SSSR count). The lowest BCUT2D eigenvalue weighted by Crippen LogP contribution is -2.49. The van der Waals surface area contributed by atoms with Crippen molar-refractivity contribution in [1.82, 2.24) is 10.3 Å². The summed E-state index contributed by atoms with van der Waals surface area (Å²) in [7, 11) is 0. The number of nitrogens with one attached hydrogen (secondary N) is 1. The Labute approximate surface area is 177 Å². The van der Waals surface area contributed by atoms with Crippen LogP contribution in [-0.4, -0.2) is 36.6 Å². The molecule has 0 spiro atoms. The van der Waals surface area contributed by atoms with Crippen LogP contribution in [-0.2, 0) is 4.79 Å². The lowest BCUT2D eigenvalue weighted by Gasteiger charge is -2.37. The molecule has 1 saturated carbocycles. The number of piperidine rings is 1. The van der Waals surface area contributed by atoms with Gasteiger partial charge in [-0.1, -0.05) is 38.0 Å². The quantitative estimate of drug-likeness (QED) is 0.758. The fourth-order valence-electron chi connectivity index (χ4n) is 4.74. The SMILES string of the molecule is CCOc1ccc2nc(N3CCCC(C(=O)NC4CCCC(C)C4C)C3)sc2c1. The van der Waals surface area contributed by atoms with Crippen LogP contribution in [0.2, 0.25) is 0 Å². The van der Waals surface area contributed by atoms with Gasteiger partial charge in [0, 0.05) is 19.1 Å². The van der Waals surface area contributed by atoms with Crippen molar-refractivity contribution in [2.45, 2.75) is 58.9 Å². The van der Waals surface area contributed by atoms with Crippen LogP contribution in [0.4, 0.5) is 5.13 Å². The standard InChI is InChI=1S/C23H33N3O2S/c1-4-28-18-10-11-20-21(13-18)29-23(25-20)26-12-6-8-17(14-26)22(27)24-19-9-5-7-15(2)16(19)3/h10-11,13,15-17,19H,4-9,12,14H2,1-3H3,(H,24,27). The van der Waals surface area contributed by atoms with Gasteiger partial charge < -0.3 is 15.0 Å². The zero-order chi connectivity index (χ0) is 20.4. The van der Waals surface area contributed by atoms with Crippen molar-refractivity contribution < 1.29 is 9.53 Å². The molecule has 1 aliphatic carbocycles. The van der Waals surface area contributed by atoms with Crippen molar-refractivity contribution in [3.63, 3.8) is 0 Å². The van der Waals surface area contributed by atoms with Crippen molar-refractivity contribution in [3.8, 4) is 5.75 Å². The summed E-state index contributed by atoms with van der Waals surface area (Å²) >= 11 is 1.70. The van der Waals surface area contributed by atoms with Gasteiger partial charge in [-0.15, -0.1) is 0 Å². The summed E-state index contributed by atoms with van der Waals surface area (Å²) in [4.78, 5) is 20.1. The van der Waals surface area contributed by atoms with Gasteiger partial charge in [0.15, 0.2) is 5.13 Å². The third kappa shape index (κ3) is 4.52. The molecule has 2 aliphatic rings. The van der Waals surface area contributed by atoms with E-state index in [-0.39, 0.29) is 11.8 Å². The number of carbonyl (C=O) groups is 1. The monoisotopic (exact) mass is 415 g/mol. The molecule has 1 saturated heterocycles. The minimum absolute atomic E-state index is 0.0548. The Morgan fingerprint density at radius 3 is 2.97 bits per heavy atom. The van der Waals surface area contributed by atoms with Gasteiger partial charge in [-0.25, -0.2) is 4.98 Å². The van der Waals surface area contributed by atoms with E-state index in [0.29, 0.717) is 24.5 Å². The molecule has 2 heterocycles. The highest BCUT2D eigenvalue weighted by Gasteiger charge is 2.32. The smallest absolute Gasteiger partial charge is 0.225 e. The maximum absolute atomic E-state index is 13.0. The minimum Gasteiger partial charge on any atom is -0.494 e. The number of nitrogens with zero attached hydrogens (tertiary/aromatic N) is 2. The van der Waals surface area contributed by atoms with Crippen LogP contribution in [0.1, 0.15) is 52.9 Å². The number of fused-ring (bicyclic) bond motifs is 1. The first-order chi connectivity index (χ1) is 14.0. The highest BCUT2D eigenvalue weighted by Crippen LogP contribution is 2.34. The number of amides is 1. The molecule has 4 unspecified atom stereocenters. The number of rotatable bonds is 5. The molecule has 0 bridgehead atoms. The second-order valence-electron chi connectivity index (χ2n) is 8.73. The van der Waals surface area contributed by atoms with Crippen LogP contribution in [0.15, 0.2) is 18.2 Å².